The van der Waals surface area contributed by atoms with Gasteiger partial charge in [0.2, 0.25) is 5.88 Å². The van der Waals surface area contributed by atoms with Crippen molar-refractivity contribution >= 4 is 0 Å². The first-order valence-electron chi connectivity index (χ1n) is 5.40. The van der Waals surface area contributed by atoms with Crippen molar-refractivity contribution in [3.8, 4) is 11.6 Å². The lowest BCUT2D eigenvalue weighted by atomic mass is 10.2. The van der Waals surface area contributed by atoms with Gasteiger partial charge in [0.05, 0.1) is 11.8 Å². The van der Waals surface area contributed by atoms with E-state index in [2.05, 4.69) is 9.97 Å². The van der Waals surface area contributed by atoms with Gasteiger partial charge >= 0.3 is 0 Å². The lowest BCUT2D eigenvalue weighted by Gasteiger charge is -2.09. The van der Waals surface area contributed by atoms with Gasteiger partial charge in [-0.2, -0.15) is 0 Å². The molecule has 2 heterocycles. The van der Waals surface area contributed by atoms with Gasteiger partial charge in [-0.15, -0.1) is 0 Å². The van der Waals surface area contributed by atoms with E-state index in [0.717, 1.165) is 11.3 Å². The summed E-state index contributed by atoms with van der Waals surface area (Å²) in [5, 5.41) is 9.47. The molecule has 4 heteroatoms. The van der Waals surface area contributed by atoms with E-state index in [1.54, 1.807) is 37.5 Å². The first-order chi connectivity index (χ1) is 8.16. The first-order valence-corrected chi connectivity index (χ1v) is 5.40. The largest absolute Gasteiger partial charge is 0.437 e. The second-order valence-corrected chi connectivity index (χ2v) is 3.79. The molecule has 0 amide bonds. The molecule has 0 aliphatic carbocycles. The highest BCUT2D eigenvalue weighted by Crippen LogP contribution is 2.23. The van der Waals surface area contributed by atoms with Gasteiger partial charge in [-0.1, -0.05) is 0 Å². The Labute approximate surface area is 99.9 Å². The Morgan fingerprint density at radius 3 is 2.76 bits per heavy atom. The maximum atomic E-state index is 9.47. The van der Waals surface area contributed by atoms with Gasteiger partial charge < -0.3 is 9.84 Å². The Morgan fingerprint density at radius 2 is 2.06 bits per heavy atom. The number of aliphatic hydroxyl groups is 1. The standard InChI is InChI=1S/C13H14N2O2/c1-9-12(4-3-6-14-9)17-13-8-11(10(2)16)5-7-15-13/h3-8,10,16H,1-2H3/t10-/m0/s1. The molecule has 2 aromatic rings. The van der Waals surface area contributed by atoms with Crippen molar-refractivity contribution in [2.75, 3.05) is 0 Å². The molecule has 2 rings (SSSR count). The monoisotopic (exact) mass is 230 g/mol. The second-order valence-electron chi connectivity index (χ2n) is 3.79. The normalized spacial score (nSPS) is 12.2. The summed E-state index contributed by atoms with van der Waals surface area (Å²) >= 11 is 0. The van der Waals surface area contributed by atoms with Crippen LogP contribution in [0.5, 0.6) is 11.6 Å². The number of aliphatic hydroxyl groups excluding tert-OH is 1. The van der Waals surface area contributed by atoms with Gasteiger partial charge in [0.25, 0.3) is 0 Å². The molecule has 2 aromatic heterocycles. The molecule has 0 spiro atoms. The van der Waals surface area contributed by atoms with Crippen molar-refractivity contribution in [1.82, 2.24) is 9.97 Å². The molecule has 1 N–H and O–H groups in total. The summed E-state index contributed by atoms with van der Waals surface area (Å²) < 4.78 is 5.62. The Bertz CT molecular complexity index is 512. The highest BCUT2D eigenvalue weighted by atomic mass is 16.5. The first kappa shape index (κ1) is 11.5. The zero-order chi connectivity index (χ0) is 12.3. The number of ether oxygens (including phenoxy) is 1. The van der Waals surface area contributed by atoms with Crippen LogP contribution in [0.1, 0.15) is 24.3 Å². The van der Waals surface area contributed by atoms with E-state index in [1.807, 2.05) is 13.0 Å². The van der Waals surface area contributed by atoms with Crippen molar-refractivity contribution in [2.45, 2.75) is 20.0 Å². The molecule has 0 saturated carbocycles. The van der Waals surface area contributed by atoms with Crippen LogP contribution in [0.15, 0.2) is 36.7 Å². The van der Waals surface area contributed by atoms with Crippen molar-refractivity contribution < 1.29 is 9.84 Å². The van der Waals surface area contributed by atoms with Crippen LogP contribution < -0.4 is 4.74 Å². The molecule has 1 atom stereocenters. The van der Waals surface area contributed by atoms with Gasteiger partial charge in [-0.25, -0.2) is 4.98 Å². The van der Waals surface area contributed by atoms with Gasteiger partial charge in [-0.05, 0) is 37.6 Å². The summed E-state index contributed by atoms with van der Waals surface area (Å²) in [4.78, 5) is 8.23. The average Bonchev–Trinajstić information content (AvgIpc) is 2.32. The number of hydrogen-bond donors (Lipinski definition) is 1. The van der Waals surface area contributed by atoms with E-state index < -0.39 is 6.10 Å². The molecule has 0 unspecified atom stereocenters. The number of hydrogen-bond acceptors (Lipinski definition) is 4. The summed E-state index contributed by atoms with van der Waals surface area (Å²) in [5.74, 6) is 1.13. The SMILES string of the molecule is Cc1ncccc1Oc1cc([C@H](C)O)ccn1. The molecule has 0 aliphatic heterocycles. The third-order valence-electron chi connectivity index (χ3n) is 2.41. The Morgan fingerprint density at radius 1 is 1.24 bits per heavy atom. The molecule has 88 valence electrons. The average molecular weight is 230 g/mol. The van der Waals surface area contributed by atoms with E-state index in [0.29, 0.717) is 11.6 Å². The Kier molecular flexibility index (Phi) is 3.35. The van der Waals surface area contributed by atoms with Crippen LogP contribution in [0.2, 0.25) is 0 Å². The molecule has 0 aromatic carbocycles. The van der Waals surface area contributed by atoms with Crippen LogP contribution >= 0.6 is 0 Å². The molecular formula is C13H14N2O2. The zero-order valence-electron chi connectivity index (χ0n) is 9.79. The molecule has 0 aliphatic rings. The molecule has 0 bridgehead atoms. The summed E-state index contributed by atoms with van der Waals surface area (Å²) in [6.07, 6.45) is 2.79. The van der Waals surface area contributed by atoms with E-state index in [1.165, 1.54) is 0 Å². The summed E-state index contributed by atoms with van der Waals surface area (Å²) in [5.41, 5.74) is 1.58. The fourth-order valence-corrected chi connectivity index (χ4v) is 1.43. The topological polar surface area (TPSA) is 55.2 Å². The predicted octanol–water partition coefficient (Wildman–Crippen LogP) is 2.63. The van der Waals surface area contributed by atoms with Gasteiger partial charge in [0.1, 0.15) is 0 Å². The van der Waals surface area contributed by atoms with Crippen LogP contribution in [0, 0.1) is 6.92 Å². The van der Waals surface area contributed by atoms with Crippen LogP contribution in [0.3, 0.4) is 0 Å². The van der Waals surface area contributed by atoms with Crippen molar-refractivity contribution in [1.29, 1.82) is 0 Å². The maximum Gasteiger partial charge on any atom is 0.219 e. The van der Waals surface area contributed by atoms with Gasteiger partial charge in [0, 0.05) is 18.5 Å². The zero-order valence-corrected chi connectivity index (χ0v) is 9.79. The summed E-state index contributed by atoms with van der Waals surface area (Å²) in [7, 11) is 0. The Balaban J connectivity index is 2.25. The lowest BCUT2D eigenvalue weighted by molar-refractivity contribution is 0.198. The quantitative estimate of drug-likeness (QED) is 0.880. The van der Waals surface area contributed by atoms with Crippen molar-refractivity contribution in [2.24, 2.45) is 0 Å². The lowest BCUT2D eigenvalue weighted by Crippen LogP contribution is -1.95. The predicted molar refractivity (Wildman–Crippen MR) is 63.9 cm³/mol. The molecule has 0 radical (unpaired) electrons. The highest BCUT2D eigenvalue weighted by molar-refractivity contribution is 5.31. The molecule has 0 saturated heterocycles. The molecule has 4 nitrogen and oxygen atoms in total. The number of rotatable bonds is 3. The van der Waals surface area contributed by atoms with Gasteiger partial charge in [-0.3, -0.25) is 4.98 Å². The number of pyridine rings is 2. The van der Waals surface area contributed by atoms with E-state index >= 15 is 0 Å². The third kappa shape index (κ3) is 2.79. The minimum Gasteiger partial charge on any atom is -0.437 e. The molecule has 17 heavy (non-hydrogen) atoms. The summed E-state index contributed by atoms with van der Waals surface area (Å²) in [6, 6.07) is 7.12. The van der Waals surface area contributed by atoms with E-state index in [-0.39, 0.29) is 0 Å². The van der Waals surface area contributed by atoms with Crippen LogP contribution in [0.4, 0.5) is 0 Å². The van der Waals surface area contributed by atoms with Crippen LogP contribution in [-0.4, -0.2) is 15.1 Å². The highest BCUT2D eigenvalue weighted by Gasteiger charge is 2.06. The summed E-state index contributed by atoms with van der Waals surface area (Å²) in [6.45, 7) is 3.57. The van der Waals surface area contributed by atoms with Gasteiger partial charge in [0.15, 0.2) is 5.75 Å². The van der Waals surface area contributed by atoms with E-state index in [4.69, 9.17) is 4.74 Å². The fraction of sp³-hybridized carbons (Fsp3) is 0.231. The van der Waals surface area contributed by atoms with Crippen molar-refractivity contribution in [3.63, 3.8) is 0 Å². The minimum atomic E-state index is -0.532. The maximum absolute atomic E-state index is 9.47. The van der Waals surface area contributed by atoms with Crippen LogP contribution in [-0.2, 0) is 0 Å². The van der Waals surface area contributed by atoms with Crippen LogP contribution in [0.25, 0.3) is 0 Å². The number of aromatic nitrogens is 2. The molecule has 0 fully saturated rings. The third-order valence-corrected chi connectivity index (χ3v) is 2.41. The minimum absolute atomic E-state index is 0.458. The molecular weight excluding hydrogens is 216 g/mol. The number of aryl methyl sites for hydroxylation is 1. The number of nitrogens with zero attached hydrogens (tertiary/aromatic N) is 2. The smallest absolute Gasteiger partial charge is 0.219 e. The fourth-order valence-electron chi connectivity index (χ4n) is 1.43. The Hall–Kier alpha value is -1.94. The second kappa shape index (κ2) is 4.93. The van der Waals surface area contributed by atoms with E-state index in [9.17, 15) is 5.11 Å². The van der Waals surface area contributed by atoms with Crippen molar-refractivity contribution in [3.05, 3.63) is 47.9 Å².